The Hall–Kier alpha value is -0.790. The van der Waals surface area contributed by atoms with Crippen molar-refractivity contribution in [3.63, 3.8) is 0 Å². The molecule has 0 atom stereocenters. The van der Waals surface area contributed by atoms with Crippen LogP contribution in [-0.4, -0.2) is 9.97 Å². The standard InChI is InChI=1S/C15H26N2/c1-13-12-16-14(17-13)15(2)10-8-6-4-3-5-7-9-11-15/h12H,3-11H2,1-2H3,(H,16,17). The molecular weight excluding hydrogens is 208 g/mol. The van der Waals surface area contributed by atoms with Crippen molar-refractivity contribution in [2.24, 2.45) is 0 Å². The molecule has 1 aromatic heterocycles. The molecule has 0 amide bonds. The van der Waals surface area contributed by atoms with Gasteiger partial charge in [0, 0.05) is 17.3 Å². The van der Waals surface area contributed by atoms with Gasteiger partial charge in [-0.1, -0.05) is 51.9 Å². The van der Waals surface area contributed by atoms with Crippen molar-refractivity contribution in [1.82, 2.24) is 9.97 Å². The minimum atomic E-state index is 0.283. The molecule has 0 bridgehead atoms. The van der Waals surface area contributed by atoms with E-state index in [1.807, 2.05) is 6.20 Å². The molecule has 1 aliphatic rings. The second-order valence-electron chi connectivity index (χ2n) is 5.95. The van der Waals surface area contributed by atoms with Crippen LogP contribution in [0.3, 0.4) is 0 Å². The summed E-state index contributed by atoms with van der Waals surface area (Å²) in [5.74, 6) is 1.22. The number of rotatable bonds is 1. The van der Waals surface area contributed by atoms with Crippen molar-refractivity contribution in [3.8, 4) is 0 Å². The number of nitrogens with zero attached hydrogens (tertiary/aromatic N) is 1. The fourth-order valence-electron chi connectivity index (χ4n) is 3.00. The first kappa shape index (κ1) is 12.7. The molecule has 1 aliphatic carbocycles. The summed E-state index contributed by atoms with van der Waals surface area (Å²) in [6, 6.07) is 0. The molecule has 0 aliphatic heterocycles. The van der Waals surface area contributed by atoms with Crippen LogP contribution in [0, 0.1) is 6.92 Å². The summed E-state index contributed by atoms with van der Waals surface area (Å²) in [6.45, 7) is 4.49. The first-order valence-electron chi connectivity index (χ1n) is 7.23. The number of hydrogen-bond acceptors (Lipinski definition) is 1. The number of aromatic nitrogens is 2. The number of nitrogens with one attached hydrogen (secondary N) is 1. The molecule has 1 saturated carbocycles. The maximum atomic E-state index is 4.58. The predicted molar refractivity (Wildman–Crippen MR) is 72.2 cm³/mol. The summed E-state index contributed by atoms with van der Waals surface area (Å²) in [7, 11) is 0. The van der Waals surface area contributed by atoms with E-state index < -0.39 is 0 Å². The fourth-order valence-corrected chi connectivity index (χ4v) is 3.00. The van der Waals surface area contributed by atoms with E-state index in [1.165, 1.54) is 69.3 Å². The number of hydrogen-bond donors (Lipinski definition) is 1. The van der Waals surface area contributed by atoms with E-state index in [1.54, 1.807) is 0 Å². The van der Waals surface area contributed by atoms with Gasteiger partial charge in [-0.3, -0.25) is 0 Å². The monoisotopic (exact) mass is 234 g/mol. The third-order valence-corrected chi connectivity index (χ3v) is 4.23. The molecule has 0 radical (unpaired) electrons. The Morgan fingerprint density at radius 3 is 2.00 bits per heavy atom. The van der Waals surface area contributed by atoms with Gasteiger partial charge < -0.3 is 4.98 Å². The molecule has 0 aromatic carbocycles. The summed E-state index contributed by atoms with van der Waals surface area (Å²) in [6.07, 6.45) is 14.4. The van der Waals surface area contributed by atoms with Gasteiger partial charge in [-0.05, 0) is 19.8 Å². The van der Waals surface area contributed by atoms with Crippen LogP contribution in [0.4, 0.5) is 0 Å². The lowest BCUT2D eigenvalue weighted by molar-refractivity contribution is 0.337. The van der Waals surface area contributed by atoms with Gasteiger partial charge in [-0.2, -0.15) is 0 Å². The van der Waals surface area contributed by atoms with E-state index in [4.69, 9.17) is 0 Å². The van der Waals surface area contributed by atoms with Crippen molar-refractivity contribution < 1.29 is 0 Å². The van der Waals surface area contributed by atoms with Crippen LogP contribution < -0.4 is 0 Å². The molecule has 2 rings (SSSR count). The van der Waals surface area contributed by atoms with Gasteiger partial charge in [0.25, 0.3) is 0 Å². The van der Waals surface area contributed by atoms with Crippen LogP contribution >= 0.6 is 0 Å². The number of aromatic amines is 1. The lowest BCUT2D eigenvalue weighted by Gasteiger charge is -2.28. The second kappa shape index (κ2) is 5.70. The minimum Gasteiger partial charge on any atom is -0.346 e. The van der Waals surface area contributed by atoms with Gasteiger partial charge in [-0.25, -0.2) is 4.98 Å². The Bertz CT molecular complexity index is 330. The van der Waals surface area contributed by atoms with Crippen LogP contribution in [0.5, 0.6) is 0 Å². The Morgan fingerprint density at radius 1 is 1.00 bits per heavy atom. The average Bonchev–Trinajstić information content (AvgIpc) is 2.75. The van der Waals surface area contributed by atoms with Gasteiger partial charge in [0.2, 0.25) is 0 Å². The highest BCUT2D eigenvalue weighted by atomic mass is 14.9. The Morgan fingerprint density at radius 2 is 1.53 bits per heavy atom. The molecule has 1 N–H and O–H groups in total. The first-order chi connectivity index (χ1) is 8.21. The Balaban J connectivity index is 2.07. The summed E-state index contributed by atoms with van der Waals surface area (Å²) >= 11 is 0. The van der Waals surface area contributed by atoms with Crippen LogP contribution in [0.25, 0.3) is 0 Å². The molecule has 96 valence electrons. The van der Waals surface area contributed by atoms with Crippen LogP contribution in [0.1, 0.15) is 76.2 Å². The van der Waals surface area contributed by atoms with Crippen molar-refractivity contribution >= 4 is 0 Å². The van der Waals surface area contributed by atoms with Gasteiger partial charge >= 0.3 is 0 Å². The topological polar surface area (TPSA) is 28.7 Å². The number of aryl methyl sites for hydroxylation is 1. The van der Waals surface area contributed by atoms with Crippen molar-refractivity contribution in [2.75, 3.05) is 0 Å². The normalized spacial score (nSPS) is 22.2. The van der Waals surface area contributed by atoms with Gasteiger partial charge in [0.05, 0.1) is 0 Å². The molecule has 0 unspecified atom stereocenters. The maximum Gasteiger partial charge on any atom is 0.112 e. The number of H-pyrrole nitrogens is 1. The first-order valence-corrected chi connectivity index (χ1v) is 7.23. The zero-order valence-corrected chi connectivity index (χ0v) is 11.4. The lowest BCUT2D eigenvalue weighted by atomic mass is 9.78. The minimum absolute atomic E-state index is 0.283. The van der Waals surface area contributed by atoms with E-state index in [0.29, 0.717) is 0 Å². The van der Waals surface area contributed by atoms with Gasteiger partial charge in [0.1, 0.15) is 5.82 Å². The SMILES string of the molecule is Cc1cnc(C2(C)CCCCCCCCC2)[nH]1. The molecule has 0 spiro atoms. The number of imidazole rings is 1. The average molecular weight is 234 g/mol. The quantitative estimate of drug-likeness (QED) is 0.761. The lowest BCUT2D eigenvalue weighted by Crippen LogP contribution is -2.24. The molecule has 1 aromatic rings. The summed E-state index contributed by atoms with van der Waals surface area (Å²) < 4.78 is 0. The summed E-state index contributed by atoms with van der Waals surface area (Å²) in [5.41, 5.74) is 1.48. The van der Waals surface area contributed by atoms with E-state index >= 15 is 0 Å². The molecule has 17 heavy (non-hydrogen) atoms. The second-order valence-corrected chi connectivity index (χ2v) is 5.95. The zero-order chi connectivity index (χ0) is 12.1. The third-order valence-electron chi connectivity index (χ3n) is 4.23. The van der Waals surface area contributed by atoms with E-state index in [0.717, 1.165) is 0 Å². The van der Waals surface area contributed by atoms with Crippen molar-refractivity contribution in [2.45, 2.75) is 77.0 Å². The van der Waals surface area contributed by atoms with E-state index in [-0.39, 0.29) is 5.41 Å². The van der Waals surface area contributed by atoms with Crippen molar-refractivity contribution in [3.05, 3.63) is 17.7 Å². The Kier molecular flexibility index (Phi) is 4.25. The highest BCUT2D eigenvalue weighted by Gasteiger charge is 2.28. The molecular formula is C15H26N2. The largest absolute Gasteiger partial charge is 0.346 e. The molecule has 2 heteroatoms. The maximum absolute atomic E-state index is 4.58. The predicted octanol–water partition coefficient (Wildman–Crippen LogP) is 4.50. The van der Waals surface area contributed by atoms with E-state index in [2.05, 4.69) is 23.8 Å². The molecule has 1 heterocycles. The van der Waals surface area contributed by atoms with Crippen molar-refractivity contribution in [1.29, 1.82) is 0 Å². The summed E-state index contributed by atoms with van der Waals surface area (Å²) in [4.78, 5) is 8.04. The third kappa shape index (κ3) is 3.34. The van der Waals surface area contributed by atoms with E-state index in [9.17, 15) is 0 Å². The molecule has 1 fully saturated rings. The fraction of sp³-hybridized carbons (Fsp3) is 0.800. The Labute approximate surface area is 105 Å². The highest BCUT2D eigenvalue weighted by molar-refractivity contribution is 5.10. The van der Waals surface area contributed by atoms with Gasteiger partial charge in [0.15, 0.2) is 0 Å². The van der Waals surface area contributed by atoms with Crippen LogP contribution in [0.2, 0.25) is 0 Å². The van der Waals surface area contributed by atoms with Gasteiger partial charge in [-0.15, -0.1) is 0 Å². The molecule has 2 nitrogen and oxygen atoms in total. The molecule has 0 saturated heterocycles. The van der Waals surface area contributed by atoms with Crippen LogP contribution in [-0.2, 0) is 5.41 Å². The zero-order valence-electron chi connectivity index (χ0n) is 11.4. The van der Waals surface area contributed by atoms with Crippen LogP contribution in [0.15, 0.2) is 6.20 Å². The summed E-state index contributed by atoms with van der Waals surface area (Å²) in [5, 5.41) is 0. The smallest absolute Gasteiger partial charge is 0.112 e. The highest BCUT2D eigenvalue weighted by Crippen LogP contribution is 2.34.